The second kappa shape index (κ2) is 6.82. The van der Waals surface area contributed by atoms with Crippen LogP contribution in [0.2, 0.25) is 0 Å². The predicted molar refractivity (Wildman–Crippen MR) is 82.5 cm³/mol. The molecule has 0 atom stereocenters. The molecule has 3 heterocycles. The molecule has 1 fully saturated rings. The summed E-state index contributed by atoms with van der Waals surface area (Å²) in [4.78, 5) is 18.4. The molecule has 114 valence electrons. The van der Waals surface area contributed by atoms with Gasteiger partial charge in [-0.25, -0.2) is 9.97 Å². The zero-order valence-electron chi connectivity index (χ0n) is 12.2. The number of nitrogens with one attached hydrogen (secondary N) is 1. The van der Waals surface area contributed by atoms with Gasteiger partial charge in [0.1, 0.15) is 0 Å². The van der Waals surface area contributed by atoms with E-state index in [1.807, 2.05) is 11.7 Å². The van der Waals surface area contributed by atoms with E-state index in [-0.39, 0.29) is 12.0 Å². The minimum Gasteiger partial charge on any atom is -0.483 e. The van der Waals surface area contributed by atoms with Gasteiger partial charge in [-0.2, -0.15) is 0 Å². The molecule has 0 saturated carbocycles. The quantitative estimate of drug-likeness (QED) is 0.831. The zero-order chi connectivity index (χ0) is 15.3. The molecule has 6 nitrogen and oxygen atoms in total. The van der Waals surface area contributed by atoms with Crippen LogP contribution >= 0.6 is 11.3 Å². The molecule has 1 aliphatic rings. The predicted octanol–water partition coefficient (Wildman–Crippen LogP) is 2.11. The Morgan fingerprint density at radius 3 is 2.67 bits per heavy atom. The second-order valence-electron chi connectivity index (χ2n) is 5.24. The molecule has 0 unspecified atom stereocenters. The van der Waals surface area contributed by atoms with Crippen molar-refractivity contribution in [2.75, 3.05) is 13.1 Å². The summed E-state index contributed by atoms with van der Waals surface area (Å²) >= 11 is 1.67. The Balaban J connectivity index is 0.000000497. The van der Waals surface area contributed by atoms with Crippen LogP contribution in [0.25, 0.3) is 10.7 Å². The monoisotopic (exact) mass is 308 g/mol. The SMILES string of the molecule is Cc1ncsc1-c1nccn1C1(C)CCNCC1.O=CO. The lowest BCUT2D eigenvalue weighted by molar-refractivity contribution is -0.122. The van der Waals surface area contributed by atoms with E-state index in [1.165, 1.54) is 4.88 Å². The molecule has 2 aromatic heterocycles. The topological polar surface area (TPSA) is 80.0 Å². The maximum absolute atomic E-state index is 8.36. The normalized spacial score (nSPS) is 16.9. The standard InChI is InChI=1S/C13H18N4S.CH2O2/c1-10-11(18-9-16-10)12-15-7-8-17(12)13(2)3-5-14-6-4-13;2-1-3/h7-9,14H,3-6H2,1-2H3;1H,(H,2,3). The van der Waals surface area contributed by atoms with Crippen LogP contribution in [-0.4, -0.2) is 39.2 Å². The largest absolute Gasteiger partial charge is 0.483 e. The van der Waals surface area contributed by atoms with Gasteiger partial charge in [0.05, 0.1) is 16.1 Å². The molecule has 0 spiro atoms. The Morgan fingerprint density at radius 1 is 1.43 bits per heavy atom. The number of rotatable bonds is 2. The van der Waals surface area contributed by atoms with Gasteiger partial charge < -0.3 is 15.0 Å². The Bertz CT molecular complexity index is 587. The first-order chi connectivity index (χ1) is 10.1. The summed E-state index contributed by atoms with van der Waals surface area (Å²) in [6.45, 7) is 6.29. The molecule has 2 N–H and O–H groups in total. The molecule has 3 rings (SSSR count). The van der Waals surface area contributed by atoms with Gasteiger partial charge in [-0.3, -0.25) is 4.79 Å². The van der Waals surface area contributed by atoms with E-state index in [0.29, 0.717) is 0 Å². The van der Waals surface area contributed by atoms with Gasteiger partial charge in [0.15, 0.2) is 5.82 Å². The van der Waals surface area contributed by atoms with Crippen molar-refractivity contribution in [3.05, 3.63) is 23.6 Å². The van der Waals surface area contributed by atoms with Gasteiger partial charge >= 0.3 is 0 Å². The fourth-order valence-corrected chi connectivity index (χ4v) is 3.43. The lowest BCUT2D eigenvalue weighted by atomic mass is 9.90. The number of nitrogens with zero attached hydrogens (tertiary/aromatic N) is 3. The molecule has 0 aromatic carbocycles. The number of thiazole rings is 1. The van der Waals surface area contributed by atoms with Crippen LogP contribution in [0.15, 0.2) is 17.9 Å². The van der Waals surface area contributed by atoms with Crippen molar-refractivity contribution in [3.63, 3.8) is 0 Å². The van der Waals surface area contributed by atoms with Crippen molar-refractivity contribution in [1.29, 1.82) is 0 Å². The van der Waals surface area contributed by atoms with Gasteiger partial charge in [0, 0.05) is 17.9 Å². The molecule has 7 heteroatoms. The fraction of sp³-hybridized carbons (Fsp3) is 0.500. The van der Waals surface area contributed by atoms with Gasteiger partial charge in [0.25, 0.3) is 6.47 Å². The zero-order valence-corrected chi connectivity index (χ0v) is 13.1. The number of aromatic nitrogens is 3. The van der Waals surface area contributed by atoms with E-state index in [1.54, 1.807) is 11.3 Å². The Labute approximate surface area is 127 Å². The summed E-state index contributed by atoms with van der Waals surface area (Å²) in [7, 11) is 0. The number of hydrogen-bond donors (Lipinski definition) is 2. The second-order valence-corrected chi connectivity index (χ2v) is 6.09. The molecule has 1 saturated heterocycles. The number of aryl methyl sites for hydroxylation is 1. The third-order valence-electron chi connectivity index (χ3n) is 3.85. The van der Waals surface area contributed by atoms with E-state index >= 15 is 0 Å². The molecule has 0 aliphatic carbocycles. The minimum atomic E-state index is -0.250. The highest BCUT2D eigenvalue weighted by molar-refractivity contribution is 7.13. The first kappa shape index (κ1) is 15.7. The lowest BCUT2D eigenvalue weighted by Gasteiger charge is -2.36. The summed E-state index contributed by atoms with van der Waals surface area (Å²) in [5.74, 6) is 1.07. The smallest absolute Gasteiger partial charge is 0.290 e. The van der Waals surface area contributed by atoms with Crippen LogP contribution in [0, 0.1) is 6.92 Å². The Kier molecular flexibility index (Phi) is 5.08. The van der Waals surface area contributed by atoms with Crippen LogP contribution in [0.5, 0.6) is 0 Å². The molecule has 0 radical (unpaired) electrons. The first-order valence-corrected chi connectivity index (χ1v) is 7.73. The van der Waals surface area contributed by atoms with Crippen molar-refractivity contribution in [2.45, 2.75) is 32.2 Å². The van der Waals surface area contributed by atoms with E-state index in [9.17, 15) is 0 Å². The molecule has 2 aromatic rings. The fourth-order valence-electron chi connectivity index (χ4n) is 2.63. The number of carbonyl (C=O) groups is 1. The molecule has 21 heavy (non-hydrogen) atoms. The number of carboxylic acid groups (broad SMARTS) is 1. The first-order valence-electron chi connectivity index (χ1n) is 6.85. The van der Waals surface area contributed by atoms with E-state index in [0.717, 1.165) is 37.4 Å². The van der Waals surface area contributed by atoms with Crippen LogP contribution < -0.4 is 5.32 Å². The van der Waals surface area contributed by atoms with Crippen molar-refractivity contribution in [2.24, 2.45) is 0 Å². The lowest BCUT2D eigenvalue weighted by Crippen LogP contribution is -2.41. The Morgan fingerprint density at radius 2 is 2.10 bits per heavy atom. The van der Waals surface area contributed by atoms with Gasteiger partial charge in [-0.15, -0.1) is 11.3 Å². The van der Waals surface area contributed by atoms with Gasteiger partial charge in [0.2, 0.25) is 0 Å². The van der Waals surface area contributed by atoms with Crippen LogP contribution in [0.3, 0.4) is 0 Å². The summed E-state index contributed by atoms with van der Waals surface area (Å²) in [6.07, 6.45) is 6.31. The van der Waals surface area contributed by atoms with E-state index in [4.69, 9.17) is 9.90 Å². The summed E-state index contributed by atoms with van der Waals surface area (Å²) in [6, 6.07) is 0. The number of piperidine rings is 1. The van der Waals surface area contributed by atoms with Crippen molar-refractivity contribution in [3.8, 4) is 10.7 Å². The third-order valence-corrected chi connectivity index (χ3v) is 4.78. The van der Waals surface area contributed by atoms with Crippen LogP contribution in [0.4, 0.5) is 0 Å². The van der Waals surface area contributed by atoms with Crippen molar-refractivity contribution < 1.29 is 9.90 Å². The molecular formula is C14H20N4O2S. The molecule has 0 bridgehead atoms. The minimum absolute atomic E-state index is 0.174. The van der Waals surface area contributed by atoms with Gasteiger partial charge in [-0.1, -0.05) is 0 Å². The molecule has 1 aliphatic heterocycles. The van der Waals surface area contributed by atoms with Crippen LogP contribution in [0.1, 0.15) is 25.5 Å². The van der Waals surface area contributed by atoms with Crippen molar-refractivity contribution in [1.82, 2.24) is 19.9 Å². The number of hydrogen-bond acceptors (Lipinski definition) is 5. The van der Waals surface area contributed by atoms with Gasteiger partial charge in [-0.05, 0) is 39.8 Å². The van der Waals surface area contributed by atoms with Crippen LogP contribution in [-0.2, 0) is 10.3 Å². The maximum atomic E-state index is 8.36. The highest BCUT2D eigenvalue weighted by Gasteiger charge is 2.31. The summed E-state index contributed by atoms with van der Waals surface area (Å²) in [5.41, 5.74) is 3.15. The van der Waals surface area contributed by atoms with Crippen molar-refractivity contribution >= 4 is 17.8 Å². The average Bonchev–Trinajstić information content (AvgIpc) is 3.09. The summed E-state index contributed by atoms with van der Waals surface area (Å²) in [5, 5.41) is 10.3. The average molecular weight is 308 g/mol. The Hall–Kier alpha value is -1.73. The summed E-state index contributed by atoms with van der Waals surface area (Å²) < 4.78 is 2.34. The molecular weight excluding hydrogens is 288 g/mol. The molecule has 0 amide bonds. The third kappa shape index (κ3) is 3.30. The maximum Gasteiger partial charge on any atom is 0.290 e. The highest BCUT2D eigenvalue weighted by Crippen LogP contribution is 2.34. The highest BCUT2D eigenvalue weighted by atomic mass is 32.1. The van der Waals surface area contributed by atoms with E-state index < -0.39 is 0 Å². The van der Waals surface area contributed by atoms with E-state index in [2.05, 4.69) is 39.9 Å². The number of imidazole rings is 1.